The van der Waals surface area contributed by atoms with Crippen LogP contribution in [0.1, 0.15) is 22.7 Å². The second kappa shape index (κ2) is 4.44. The molecule has 0 bridgehead atoms. The fourth-order valence-corrected chi connectivity index (χ4v) is 1.64. The number of hydrogen-bond donors (Lipinski definition) is 2. The van der Waals surface area contributed by atoms with E-state index in [0.29, 0.717) is 0 Å². The van der Waals surface area contributed by atoms with Gasteiger partial charge in [-0.3, -0.25) is 0 Å². The van der Waals surface area contributed by atoms with Crippen LogP contribution in [0.5, 0.6) is 5.75 Å². The Morgan fingerprint density at radius 3 is 2.57 bits per heavy atom. The van der Waals surface area contributed by atoms with Gasteiger partial charge in [-0.1, -0.05) is 17.7 Å². The second-order valence-corrected chi connectivity index (χ2v) is 3.49. The van der Waals surface area contributed by atoms with Crippen LogP contribution in [0, 0.1) is 13.8 Å². The average molecular weight is 195 g/mol. The normalized spacial score (nSPS) is 12.6. The van der Waals surface area contributed by atoms with E-state index in [1.165, 1.54) is 0 Å². The van der Waals surface area contributed by atoms with Crippen molar-refractivity contribution in [1.82, 2.24) is 0 Å². The lowest BCUT2D eigenvalue weighted by atomic mass is 10.0. The Bertz CT molecular complexity index is 323. The summed E-state index contributed by atoms with van der Waals surface area (Å²) in [5, 5.41) is 9.01. The number of methoxy groups -OCH3 is 1. The van der Waals surface area contributed by atoms with E-state index < -0.39 is 0 Å². The highest BCUT2D eigenvalue weighted by Gasteiger charge is 2.13. The molecule has 0 radical (unpaired) electrons. The van der Waals surface area contributed by atoms with Crippen molar-refractivity contribution in [3.63, 3.8) is 0 Å². The maximum Gasteiger partial charge on any atom is 0.126 e. The van der Waals surface area contributed by atoms with Crippen LogP contribution in [0.2, 0.25) is 0 Å². The van der Waals surface area contributed by atoms with Crippen molar-refractivity contribution in [2.75, 3.05) is 13.7 Å². The van der Waals surface area contributed by atoms with Crippen LogP contribution < -0.4 is 10.5 Å². The standard InChI is InChI=1S/C11H17NO2/c1-7-4-8(2)11(14-3)9(5-7)10(12)6-13/h4-5,10,13H,6,12H2,1-3H3. The zero-order valence-corrected chi connectivity index (χ0v) is 8.87. The van der Waals surface area contributed by atoms with Crippen LogP contribution in [0.15, 0.2) is 12.1 Å². The molecule has 1 unspecified atom stereocenters. The summed E-state index contributed by atoms with van der Waals surface area (Å²) in [4.78, 5) is 0. The first kappa shape index (κ1) is 11.0. The summed E-state index contributed by atoms with van der Waals surface area (Å²) in [6, 6.07) is 3.61. The van der Waals surface area contributed by atoms with Crippen molar-refractivity contribution in [2.24, 2.45) is 5.73 Å². The van der Waals surface area contributed by atoms with Gasteiger partial charge in [0.15, 0.2) is 0 Å². The lowest BCUT2D eigenvalue weighted by molar-refractivity contribution is 0.264. The Kier molecular flexibility index (Phi) is 3.49. The Balaban J connectivity index is 3.24. The van der Waals surface area contributed by atoms with Crippen LogP contribution in [0.4, 0.5) is 0 Å². The van der Waals surface area contributed by atoms with Crippen molar-refractivity contribution in [3.05, 3.63) is 28.8 Å². The van der Waals surface area contributed by atoms with Gasteiger partial charge in [-0.15, -0.1) is 0 Å². The SMILES string of the molecule is COc1c(C)cc(C)cc1C(N)CO. The van der Waals surface area contributed by atoms with Gasteiger partial charge in [0, 0.05) is 5.56 Å². The van der Waals surface area contributed by atoms with E-state index >= 15 is 0 Å². The van der Waals surface area contributed by atoms with Crippen molar-refractivity contribution >= 4 is 0 Å². The summed E-state index contributed by atoms with van der Waals surface area (Å²) in [6.07, 6.45) is 0. The molecule has 0 saturated carbocycles. The number of benzene rings is 1. The van der Waals surface area contributed by atoms with Crippen LogP contribution in [0.3, 0.4) is 0 Å². The molecule has 1 atom stereocenters. The molecule has 3 heteroatoms. The van der Waals surface area contributed by atoms with E-state index in [0.717, 1.165) is 22.4 Å². The third-order valence-electron chi connectivity index (χ3n) is 2.25. The summed E-state index contributed by atoms with van der Waals surface area (Å²) < 4.78 is 5.26. The van der Waals surface area contributed by atoms with Crippen LogP contribution >= 0.6 is 0 Å². The Labute approximate surface area is 84.5 Å². The van der Waals surface area contributed by atoms with E-state index in [4.69, 9.17) is 15.6 Å². The quantitative estimate of drug-likeness (QED) is 0.764. The lowest BCUT2D eigenvalue weighted by Gasteiger charge is -2.16. The molecule has 0 saturated heterocycles. The predicted octanol–water partition coefficient (Wildman–Crippen LogP) is 1.30. The number of aryl methyl sites for hydroxylation is 2. The Morgan fingerprint density at radius 1 is 1.43 bits per heavy atom. The molecule has 3 N–H and O–H groups in total. The first-order valence-corrected chi connectivity index (χ1v) is 4.61. The molecule has 0 heterocycles. The molecular formula is C11H17NO2. The third-order valence-corrected chi connectivity index (χ3v) is 2.25. The molecule has 0 aliphatic heterocycles. The molecule has 1 rings (SSSR count). The minimum absolute atomic E-state index is 0.0702. The Hall–Kier alpha value is -1.06. The molecule has 0 aromatic heterocycles. The molecular weight excluding hydrogens is 178 g/mol. The van der Waals surface area contributed by atoms with Gasteiger partial charge in [0.1, 0.15) is 5.75 Å². The van der Waals surface area contributed by atoms with Gasteiger partial charge in [-0.25, -0.2) is 0 Å². The number of rotatable bonds is 3. The van der Waals surface area contributed by atoms with Gasteiger partial charge in [-0.2, -0.15) is 0 Å². The fourth-order valence-electron chi connectivity index (χ4n) is 1.64. The molecule has 0 aliphatic rings. The number of aliphatic hydroxyl groups is 1. The summed E-state index contributed by atoms with van der Waals surface area (Å²) in [5.74, 6) is 0.775. The summed E-state index contributed by atoms with van der Waals surface area (Å²) in [7, 11) is 1.62. The molecule has 0 amide bonds. The maximum absolute atomic E-state index is 9.01. The first-order chi connectivity index (χ1) is 6.60. The predicted molar refractivity (Wildman–Crippen MR) is 56.5 cm³/mol. The lowest BCUT2D eigenvalue weighted by Crippen LogP contribution is -2.16. The second-order valence-electron chi connectivity index (χ2n) is 3.49. The molecule has 1 aromatic carbocycles. The van der Waals surface area contributed by atoms with Gasteiger partial charge < -0.3 is 15.6 Å². The summed E-state index contributed by atoms with van der Waals surface area (Å²) in [5.41, 5.74) is 8.82. The van der Waals surface area contributed by atoms with Gasteiger partial charge in [-0.05, 0) is 19.4 Å². The molecule has 0 spiro atoms. The zero-order valence-electron chi connectivity index (χ0n) is 8.87. The molecule has 0 fully saturated rings. The minimum Gasteiger partial charge on any atom is -0.496 e. The number of ether oxygens (including phenoxy) is 1. The van der Waals surface area contributed by atoms with Crippen molar-refractivity contribution in [1.29, 1.82) is 0 Å². The topological polar surface area (TPSA) is 55.5 Å². The molecule has 78 valence electrons. The Morgan fingerprint density at radius 2 is 2.07 bits per heavy atom. The summed E-state index contributed by atoms with van der Waals surface area (Å²) >= 11 is 0. The zero-order chi connectivity index (χ0) is 10.7. The number of hydrogen-bond acceptors (Lipinski definition) is 3. The van der Waals surface area contributed by atoms with Crippen molar-refractivity contribution in [3.8, 4) is 5.75 Å². The summed E-state index contributed by atoms with van der Waals surface area (Å²) in [6.45, 7) is 3.90. The van der Waals surface area contributed by atoms with E-state index in [2.05, 4.69) is 0 Å². The van der Waals surface area contributed by atoms with Gasteiger partial charge in [0.25, 0.3) is 0 Å². The van der Waals surface area contributed by atoms with E-state index in [1.807, 2.05) is 26.0 Å². The van der Waals surface area contributed by atoms with Gasteiger partial charge >= 0.3 is 0 Å². The first-order valence-electron chi connectivity index (χ1n) is 4.61. The highest BCUT2D eigenvalue weighted by Crippen LogP contribution is 2.28. The van der Waals surface area contributed by atoms with Gasteiger partial charge in [0.05, 0.1) is 19.8 Å². The third kappa shape index (κ3) is 2.05. The highest BCUT2D eigenvalue weighted by molar-refractivity contribution is 5.45. The van der Waals surface area contributed by atoms with E-state index in [-0.39, 0.29) is 12.6 Å². The average Bonchev–Trinajstić information content (AvgIpc) is 2.15. The minimum atomic E-state index is -0.372. The fraction of sp³-hybridized carbons (Fsp3) is 0.455. The monoisotopic (exact) mass is 195 g/mol. The molecule has 14 heavy (non-hydrogen) atoms. The van der Waals surface area contributed by atoms with E-state index in [1.54, 1.807) is 7.11 Å². The molecule has 3 nitrogen and oxygen atoms in total. The van der Waals surface area contributed by atoms with Crippen molar-refractivity contribution < 1.29 is 9.84 Å². The molecule has 1 aromatic rings. The smallest absolute Gasteiger partial charge is 0.126 e. The van der Waals surface area contributed by atoms with Crippen molar-refractivity contribution in [2.45, 2.75) is 19.9 Å². The van der Waals surface area contributed by atoms with Crippen LogP contribution in [-0.4, -0.2) is 18.8 Å². The number of nitrogens with two attached hydrogens (primary N) is 1. The highest BCUT2D eigenvalue weighted by atomic mass is 16.5. The van der Waals surface area contributed by atoms with Crippen LogP contribution in [0.25, 0.3) is 0 Å². The molecule has 0 aliphatic carbocycles. The largest absolute Gasteiger partial charge is 0.496 e. The maximum atomic E-state index is 9.01. The van der Waals surface area contributed by atoms with Crippen LogP contribution in [-0.2, 0) is 0 Å². The van der Waals surface area contributed by atoms with E-state index in [9.17, 15) is 0 Å². The van der Waals surface area contributed by atoms with Gasteiger partial charge in [0.2, 0.25) is 0 Å². The number of aliphatic hydroxyl groups excluding tert-OH is 1.